The predicted molar refractivity (Wildman–Crippen MR) is 37.3 cm³/mol. The molecule has 0 aromatic heterocycles. The second-order valence-corrected chi connectivity index (χ2v) is 4.23. The minimum atomic E-state index is 0.0141. The lowest BCUT2D eigenvalue weighted by Crippen LogP contribution is -1.58. The van der Waals surface area contributed by atoms with Crippen molar-refractivity contribution in [1.82, 2.24) is 0 Å². The Hall–Kier alpha value is 1.34. The molecule has 0 saturated carbocycles. The summed E-state index contributed by atoms with van der Waals surface area (Å²) in [5.74, 6) is 0. The van der Waals surface area contributed by atoms with Crippen molar-refractivity contribution in [3.63, 3.8) is 0 Å². The van der Waals surface area contributed by atoms with E-state index in [1.54, 1.807) is 11.8 Å². The van der Waals surface area contributed by atoms with Crippen molar-refractivity contribution in [3.05, 3.63) is 9.61 Å². The summed E-state index contributed by atoms with van der Waals surface area (Å²) in [7, 11) is 0. The van der Waals surface area contributed by atoms with E-state index >= 15 is 0 Å². The molecular formula is C3H5BrMgS. The smallest absolute Gasteiger partial charge is 0.297 e. The molecule has 0 aromatic rings. The topological polar surface area (TPSA) is 0 Å². The van der Waals surface area contributed by atoms with Gasteiger partial charge in [-0.05, 0) is 6.26 Å². The van der Waals surface area contributed by atoms with Gasteiger partial charge in [0.1, 0.15) is 0 Å². The molecule has 0 saturated heterocycles. The van der Waals surface area contributed by atoms with Crippen molar-refractivity contribution in [2.24, 2.45) is 0 Å². The number of hydrogen-bond donors (Lipinski definition) is 0. The number of thioether (sulfide) groups is 1. The van der Waals surface area contributed by atoms with Crippen LogP contribution >= 0.6 is 24.6 Å². The summed E-state index contributed by atoms with van der Waals surface area (Å²) >= 11 is 5.15. The Morgan fingerprint density at radius 2 is 2.50 bits per heavy atom. The van der Waals surface area contributed by atoms with Crippen LogP contribution in [0, 0.1) is 0 Å². The Bertz CT molecular complexity index is 40.1. The van der Waals surface area contributed by atoms with Crippen LogP contribution in [0.2, 0.25) is 0 Å². The molecule has 0 aliphatic heterocycles. The molecule has 0 heterocycles. The average Bonchev–Trinajstić information content (AvgIpc) is 1.61. The molecule has 32 valence electrons. The SMILES string of the molecule is CSC=[CH][Mg][Br]. The molecule has 0 aliphatic carbocycles. The summed E-state index contributed by atoms with van der Waals surface area (Å²) in [5, 5.41) is 2.11. The zero-order valence-electron chi connectivity index (χ0n) is 3.65. The molecule has 0 amide bonds. The highest BCUT2D eigenvalue weighted by Crippen LogP contribution is 1.91. The van der Waals surface area contributed by atoms with Gasteiger partial charge in [-0.2, -0.15) is 4.21 Å². The van der Waals surface area contributed by atoms with Crippen LogP contribution in [0.15, 0.2) is 9.61 Å². The van der Waals surface area contributed by atoms with Crippen molar-refractivity contribution in [2.75, 3.05) is 6.26 Å². The van der Waals surface area contributed by atoms with E-state index < -0.39 is 0 Å². The van der Waals surface area contributed by atoms with E-state index in [2.05, 4.69) is 28.8 Å². The van der Waals surface area contributed by atoms with Gasteiger partial charge in [-0.3, -0.25) is 12.9 Å². The molecule has 0 N–H and O–H groups in total. The second-order valence-electron chi connectivity index (χ2n) is 0.762. The summed E-state index contributed by atoms with van der Waals surface area (Å²) in [4.78, 5) is 0. The lowest BCUT2D eigenvalue weighted by Gasteiger charge is -1.70. The van der Waals surface area contributed by atoms with E-state index in [0.29, 0.717) is 0 Å². The first kappa shape index (κ1) is 7.34. The third kappa shape index (κ3) is 5.34. The zero-order valence-corrected chi connectivity index (χ0v) is 7.46. The van der Waals surface area contributed by atoms with Crippen LogP contribution in [0.3, 0.4) is 0 Å². The van der Waals surface area contributed by atoms with E-state index in [0.717, 1.165) is 0 Å². The molecular weight excluding hydrogens is 172 g/mol. The van der Waals surface area contributed by atoms with Crippen LogP contribution in [0.25, 0.3) is 0 Å². The first-order chi connectivity index (χ1) is 2.91. The molecule has 0 bridgehead atoms. The number of rotatable bonds is 2. The van der Waals surface area contributed by atoms with E-state index in [1.165, 1.54) is 0 Å². The van der Waals surface area contributed by atoms with E-state index in [-0.39, 0.29) is 18.2 Å². The Kier molecular flexibility index (Phi) is 7.75. The Labute approximate surface area is 58.4 Å². The summed E-state index contributed by atoms with van der Waals surface area (Å²) < 4.78 is 2.20. The molecule has 0 unspecified atom stereocenters. The van der Waals surface area contributed by atoms with Gasteiger partial charge >= 0.3 is 18.2 Å². The molecule has 0 rings (SSSR count). The summed E-state index contributed by atoms with van der Waals surface area (Å²) in [5.41, 5.74) is 0. The van der Waals surface area contributed by atoms with Crippen molar-refractivity contribution < 1.29 is 0 Å². The summed E-state index contributed by atoms with van der Waals surface area (Å²) in [6, 6.07) is 0. The molecule has 0 atom stereocenters. The van der Waals surface area contributed by atoms with E-state index in [4.69, 9.17) is 0 Å². The van der Waals surface area contributed by atoms with E-state index in [9.17, 15) is 0 Å². The highest BCUT2D eigenvalue weighted by molar-refractivity contribution is 9.23. The second kappa shape index (κ2) is 6.34. The summed E-state index contributed by atoms with van der Waals surface area (Å²) in [6.45, 7) is 0. The van der Waals surface area contributed by atoms with Crippen molar-refractivity contribution in [3.8, 4) is 0 Å². The van der Waals surface area contributed by atoms with Crippen LogP contribution in [0.5, 0.6) is 0 Å². The lowest BCUT2D eigenvalue weighted by atomic mass is 11.2. The Morgan fingerprint density at radius 1 is 1.83 bits per heavy atom. The van der Waals surface area contributed by atoms with Gasteiger partial charge in [0, 0.05) is 0 Å². The maximum absolute atomic E-state index is 3.39. The largest absolute Gasteiger partial charge is 0.498 e. The van der Waals surface area contributed by atoms with Gasteiger partial charge in [0.2, 0.25) is 0 Å². The first-order valence-corrected chi connectivity index (χ1v) is 7.66. The molecule has 0 fully saturated rings. The van der Waals surface area contributed by atoms with Crippen LogP contribution in [-0.2, 0) is 0 Å². The molecule has 0 nitrogen and oxygen atoms in total. The van der Waals surface area contributed by atoms with Gasteiger partial charge < -0.3 is 0 Å². The quantitative estimate of drug-likeness (QED) is 0.580. The van der Waals surface area contributed by atoms with Crippen LogP contribution in [0.1, 0.15) is 0 Å². The molecule has 6 heavy (non-hydrogen) atoms. The minimum absolute atomic E-state index is 0.0141. The van der Waals surface area contributed by atoms with Crippen molar-refractivity contribution in [1.29, 1.82) is 0 Å². The Balaban J connectivity index is 2.73. The van der Waals surface area contributed by atoms with Gasteiger partial charge in [-0.1, -0.05) is 5.41 Å². The van der Waals surface area contributed by atoms with Crippen LogP contribution < -0.4 is 0 Å². The number of hydrogen-bond acceptors (Lipinski definition) is 1. The van der Waals surface area contributed by atoms with E-state index in [1.807, 2.05) is 0 Å². The van der Waals surface area contributed by atoms with Gasteiger partial charge in [-0.15, -0.1) is 11.8 Å². The summed E-state index contributed by atoms with van der Waals surface area (Å²) in [6.07, 6.45) is 2.06. The van der Waals surface area contributed by atoms with Gasteiger partial charge in [-0.25, -0.2) is 0 Å². The lowest BCUT2D eigenvalue weighted by molar-refractivity contribution is 2.42. The maximum Gasteiger partial charge on any atom is 0.498 e. The highest BCUT2D eigenvalue weighted by atomic mass is 79.9. The minimum Gasteiger partial charge on any atom is -0.297 e. The Morgan fingerprint density at radius 3 is 2.67 bits per heavy atom. The van der Waals surface area contributed by atoms with Crippen LogP contribution in [0.4, 0.5) is 0 Å². The molecule has 0 spiro atoms. The van der Waals surface area contributed by atoms with Crippen molar-refractivity contribution in [2.45, 2.75) is 0 Å². The molecule has 3 heteroatoms. The normalized spacial score (nSPS) is 9.00. The molecule has 0 aromatic carbocycles. The number of halogens is 1. The fourth-order valence-electron chi connectivity index (χ4n) is 0.133. The van der Waals surface area contributed by atoms with Gasteiger partial charge in [0.05, 0.1) is 0 Å². The average molecular weight is 177 g/mol. The monoisotopic (exact) mass is 176 g/mol. The van der Waals surface area contributed by atoms with Crippen LogP contribution in [-0.4, -0.2) is 24.4 Å². The fraction of sp³-hybridized carbons (Fsp3) is 0.333. The third-order valence-electron chi connectivity index (χ3n) is 0.321. The zero-order chi connectivity index (χ0) is 4.83. The first-order valence-electron chi connectivity index (χ1n) is 1.65. The van der Waals surface area contributed by atoms with Gasteiger partial charge in [0.15, 0.2) is 0 Å². The third-order valence-corrected chi connectivity index (χ3v) is 2.66. The maximum atomic E-state index is 3.39. The standard InChI is InChI=1S/C3H5S.BrH.Mg/c1-3-4-2;;/h1,3H,2H3;1H;/q;;+1/p-1. The fourth-order valence-corrected chi connectivity index (χ4v) is 2.57. The van der Waals surface area contributed by atoms with Crippen molar-refractivity contribution >= 4 is 42.8 Å². The predicted octanol–water partition coefficient (Wildman–Crippen LogP) is 1.83. The molecule has 0 aliphatic rings. The highest BCUT2D eigenvalue weighted by Gasteiger charge is 1.72. The molecule has 0 radical (unpaired) electrons. The van der Waals surface area contributed by atoms with Gasteiger partial charge in [0.25, 0.3) is 0 Å².